The summed E-state index contributed by atoms with van der Waals surface area (Å²) >= 11 is 0. The lowest BCUT2D eigenvalue weighted by Crippen LogP contribution is -2.27. The van der Waals surface area contributed by atoms with Crippen LogP contribution in [0.5, 0.6) is 0 Å². The van der Waals surface area contributed by atoms with Crippen molar-refractivity contribution in [1.82, 2.24) is 5.32 Å². The molecule has 0 amide bonds. The molecule has 1 heterocycles. The highest BCUT2D eigenvalue weighted by molar-refractivity contribution is 5.30. The molecule has 2 atom stereocenters. The van der Waals surface area contributed by atoms with E-state index in [-0.39, 0.29) is 12.2 Å². The molecule has 2 rings (SSSR count). The minimum Gasteiger partial charge on any atom is -0.374 e. The van der Waals surface area contributed by atoms with Gasteiger partial charge in [0, 0.05) is 6.54 Å². The fourth-order valence-electron chi connectivity index (χ4n) is 2.21. The Morgan fingerprint density at radius 2 is 2.29 bits per heavy atom. The summed E-state index contributed by atoms with van der Waals surface area (Å²) in [5.74, 6) is 0. The summed E-state index contributed by atoms with van der Waals surface area (Å²) in [6.07, 6.45) is 1.33. The maximum absolute atomic E-state index is 5.79. The van der Waals surface area contributed by atoms with Gasteiger partial charge in [-0.1, -0.05) is 24.3 Å². The number of likely N-dealkylation sites (N-methyl/N-ethyl adjacent to an activating group) is 1. The molecule has 0 aromatic heterocycles. The van der Waals surface area contributed by atoms with E-state index in [2.05, 4.69) is 36.5 Å². The Morgan fingerprint density at radius 1 is 1.47 bits per heavy atom. The lowest BCUT2D eigenvalue weighted by Gasteiger charge is -2.27. The van der Waals surface area contributed by atoms with E-state index in [9.17, 15) is 0 Å². The highest BCUT2D eigenvalue weighted by Gasteiger charge is 2.21. The van der Waals surface area contributed by atoms with Crippen LogP contribution < -0.4 is 5.32 Å². The van der Waals surface area contributed by atoms with Gasteiger partial charge in [0.1, 0.15) is 6.10 Å². The molecule has 1 N–H and O–H groups in total. The summed E-state index contributed by atoms with van der Waals surface area (Å²) in [7, 11) is 1.94. The van der Waals surface area contributed by atoms with E-state index in [0.717, 1.165) is 19.6 Å². The molecule has 94 valence electrons. The van der Waals surface area contributed by atoms with E-state index in [1.807, 2.05) is 7.05 Å². The van der Waals surface area contributed by atoms with E-state index in [4.69, 9.17) is 9.47 Å². The van der Waals surface area contributed by atoms with Crippen LogP contribution in [-0.4, -0.2) is 32.9 Å². The zero-order valence-corrected chi connectivity index (χ0v) is 10.6. The van der Waals surface area contributed by atoms with Crippen molar-refractivity contribution < 1.29 is 9.47 Å². The van der Waals surface area contributed by atoms with Crippen LogP contribution >= 0.6 is 0 Å². The van der Waals surface area contributed by atoms with E-state index in [1.165, 1.54) is 11.1 Å². The Kier molecular flexibility index (Phi) is 4.54. The first kappa shape index (κ1) is 12.6. The van der Waals surface area contributed by atoms with Crippen LogP contribution in [-0.2, 0) is 15.9 Å². The highest BCUT2D eigenvalue weighted by Crippen LogP contribution is 2.27. The van der Waals surface area contributed by atoms with Crippen LogP contribution in [0, 0.1) is 0 Å². The van der Waals surface area contributed by atoms with Gasteiger partial charge in [-0.05, 0) is 31.5 Å². The zero-order chi connectivity index (χ0) is 12.1. The lowest BCUT2D eigenvalue weighted by atomic mass is 9.98. The number of ether oxygens (including phenoxy) is 2. The molecule has 1 aliphatic rings. The number of hydrogen-bond donors (Lipinski definition) is 1. The van der Waals surface area contributed by atoms with Crippen molar-refractivity contribution in [2.45, 2.75) is 25.6 Å². The van der Waals surface area contributed by atoms with Gasteiger partial charge >= 0.3 is 0 Å². The van der Waals surface area contributed by atoms with Gasteiger partial charge in [0.15, 0.2) is 0 Å². The summed E-state index contributed by atoms with van der Waals surface area (Å²) in [5, 5.41) is 3.11. The van der Waals surface area contributed by atoms with Crippen LogP contribution in [0.1, 0.15) is 24.2 Å². The lowest BCUT2D eigenvalue weighted by molar-refractivity contribution is -0.0458. The molecule has 3 heteroatoms. The monoisotopic (exact) mass is 235 g/mol. The van der Waals surface area contributed by atoms with Crippen molar-refractivity contribution in [2.75, 3.05) is 26.8 Å². The van der Waals surface area contributed by atoms with Crippen LogP contribution in [0.2, 0.25) is 0 Å². The topological polar surface area (TPSA) is 30.5 Å². The van der Waals surface area contributed by atoms with Crippen LogP contribution in [0.25, 0.3) is 0 Å². The van der Waals surface area contributed by atoms with Gasteiger partial charge in [0.05, 0.1) is 19.3 Å². The number of nitrogens with one attached hydrogen (secondary N) is 1. The van der Waals surface area contributed by atoms with Gasteiger partial charge in [-0.15, -0.1) is 0 Å². The predicted octanol–water partition coefficient (Wildman–Crippen LogP) is 1.92. The van der Waals surface area contributed by atoms with E-state index < -0.39 is 0 Å². The number of rotatable bonds is 5. The Labute approximate surface area is 103 Å². The first-order valence-electron chi connectivity index (χ1n) is 6.27. The molecule has 17 heavy (non-hydrogen) atoms. The van der Waals surface area contributed by atoms with Crippen molar-refractivity contribution >= 4 is 0 Å². The third kappa shape index (κ3) is 3.28. The molecule has 0 saturated carbocycles. The fourth-order valence-corrected chi connectivity index (χ4v) is 2.21. The van der Waals surface area contributed by atoms with Crippen molar-refractivity contribution in [1.29, 1.82) is 0 Å². The van der Waals surface area contributed by atoms with Crippen molar-refractivity contribution in [2.24, 2.45) is 0 Å². The van der Waals surface area contributed by atoms with Gasteiger partial charge in [-0.2, -0.15) is 0 Å². The van der Waals surface area contributed by atoms with Gasteiger partial charge in [-0.3, -0.25) is 0 Å². The molecule has 1 aromatic carbocycles. The number of hydrogen-bond acceptors (Lipinski definition) is 3. The van der Waals surface area contributed by atoms with Gasteiger partial charge in [-0.25, -0.2) is 0 Å². The van der Waals surface area contributed by atoms with Gasteiger partial charge < -0.3 is 14.8 Å². The summed E-state index contributed by atoms with van der Waals surface area (Å²) in [4.78, 5) is 0. The minimum atomic E-state index is 0.0965. The highest BCUT2D eigenvalue weighted by atomic mass is 16.5. The summed E-state index contributed by atoms with van der Waals surface area (Å²) in [6, 6.07) is 8.48. The largest absolute Gasteiger partial charge is 0.374 e. The number of benzene rings is 1. The second-order valence-corrected chi connectivity index (χ2v) is 4.51. The molecule has 0 spiro atoms. The standard InChI is InChI=1S/C14H21NO2/c1-11(9-15-2)17-10-14-13-6-4-3-5-12(13)7-8-16-14/h3-6,11,14-15H,7-10H2,1-2H3. The molecule has 0 aliphatic carbocycles. The van der Waals surface area contributed by atoms with Gasteiger partial charge in [0.2, 0.25) is 0 Å². The van der Waals surface area contributed by atoms with Crippen LogP contribution in [0.3, 0.4) is 0 Å². The molecule has 0 bridgehead atoms. The van der Waals surface area contributed by atoms with Crippen LogP contribution in [0.4, 0.5) is 0 Å². The first-order valence-corrected chi connectivity index (χ1v) is 6.27. The maximum atomic E-state index is 5.79. The Morgan fingerprint density at radius 3 is 3.12 bits per heavy atom. The second-order valence-electron chi connectivity index (χ2n) is 4.51. The molecule has 2 unspecified atom stereocenters. The maximum Gasteiger partial charge on any atom is 0.106 e. The molecule has 3 nitrogen and oxygen atoms in total. The molecule has 1 aromatic rings. The Balaban J connectivity index is 1.94. The van der Waals surface area contributed by atoms with E-state index in [1.54, 1.807) is 0 Å². The Hall–Kier alpha value is -0.900. The molecular weight excluding hydrogens is 214 g/mol. The van der Waals surface area contributed by atoms with Crippen LogP contribution in [0.15, 0.2) is 24.3 Å². The third-order valence-corrected chi connectivity index (χ3v) is 3.12. The van der Waals surface area contributed by atoms with Crippen molar-refractivity contribution in [3.63, 3.8) is 0 Å². The quantitative estimate of drug-likeness (QED) is 0.846. The Bertz CT molecular complexity index is 354. The summed E-state index contributed by atoms with van der Waals surface area (Å²) < 4.78 is 11.6. The molecule has 0 saturated heterocycles. The third-order valence-electron chi connectivity index (χ3n) is 3.12. The molecular formula is C14H21NO2. The smallest absolute Gasteiger partial charge is 0.106 e. The van der Waals surface area contributed by atoms with E-state index in [0.29, 0.717) is 6.61 Å². The van der Waals surface area contributed by atoms with Crippen molar-refractivity contribution in [3.8, 4) is 0 Å². The van der Waals surface area contributed by atoms with Crippen molar-refractivity contribution in [3.05, 3.63) is 35.4 Å². The number of fused-ring (bicyclic) bond motifs is 1. The average molecular weight is 235 g/mol. The SMILES string of the molecule is CNCC(C)OCC1OCCc2ccccc21. The first-order chi connectivity index (χ1) is 8.31. The second kappa shape index (κ2) is 6.15. The normalized spacial score (nSPS) is 20.9. The average Bonchev–Trinajstić information content (AvgIpc) is 2.36. The van der Waals surface area contributed by atoms with E-state index >= 15 is 0 Å². The van der Waals surface area contributed by atoms with Gasteiger partial charge in [0.25, 0.3) is 0 Å². The molecule has 0 radical (unpaired) electrons. The molecule has 1 aliphatic heterocycles. The fraction of sp³-hybridized carbons (Fsp3) is 0.571. The summed E-state index contributed by atoms with van der Waals surface area (Å²) in [5.41, 5.74) is 2.68. The summed E-state index contributed by atoms with van der Waals surface area (Å²) in [6.45, 7) is 4.38. The zero-order valence-electron chi connectivity index (χ0n) is 10.6. The predicted molar refractivity (Wildman–Crippen MR) is 68.2 cm³/mol. The molecule has 0 fully saturated rings. The minimum absolute atomic E-state index is 0.0965.